The highest BCUT2D eigenvalue weighted by molar-refractivity contribution is 5.48. The summed E-state index contributed by atoms with van der Waals surface area (Å²) in [5.41, 5.74) is 1.08. The van der Waals surface area contributed by atoms with E-state index in [1.54, 1.807) is 14.2 Å². The van der Waals surface area contributed by atoms with Crippen LogP contribution in [-0.2, 0) is 11.3 Å². The third-order valence-corrected chi connectivity index (χ3v) is 3.10. The van der Waals surface area contributed by atoms with E-state index in [1.807, 2.05) is 37.3 Å². The predicted molar refractivity (Wildman–Crippen MR) is 87.5 cm³/mol. The fourth-order valence-corrected chi connectivity index (χ4v) is 2.06. The van der Waals surface area contributed by atoms with Crippen molar-refractivity contribution >= 4 is 11.6 Å². The van der Waals surface area contributed by atoms with Gasteiger partial charge in [0.1, 0.15) is 23.2 Å². The summed E-state index contributed by atoms with van der Waals surface area (Å²) in [6.07, 6.45) is 0. The maximum absolute atomic E-state index is 5.35. The number of hydrogen-bond donors (Lipinski definition) is 2. The van der Waals surface area contributed by atoms with Crippen LogP contribution in [0.3, 0.4) is 0 Å². The molecule has 2 N–H and O–H groups in total. The lowest BCUT2D eigenvalue weighted by atomic mass is 10.2. The molecule has 1 heterocycles. The lowest BCUT2D eigenvalue weighted by Gasteiger charge is -2.12. The summed E-state index contributed by atoms with van der Waals surface area (Å²) in [7, 11) is 3.35. The molecule has 118 valence electrons. The molecule has 6 heteroatoms. The first-order valence-electron chi connectivity index (χ1n) is 7.17. The Kier molecular flexibility index (Phi) is 5.97. The van der Waals surface area contributed by atoms with Crippen molar-refractivity contribution in [1.82, 2.24) is 9.97 Å². The van der Waals surface area contributed by atoms with Crippen molar-refractivity contribution in [2.24, 2.45) is 0 Å². The van der Waals surface area contributed by atoms with Gasteiger partial charge in [-0.15, -0.1) is 0 Å². The van der Waals surface area contributed by atoms with E-state index >= 15 is 0 Å². The average Bonchev–Trinajstić information content (AvgIpc) is 2.53. The van der Waals surface area contributed by atoms with E-state index in [0.29, 0.717) is 25.5 Å². The van der Waals surface area contributed by atoms with Crippen LogP contribution in [0, 0.1) is 6.92 Å². The minimum absolute atomic E-state index is 0.632. The zero-order valence-corrected chi connectivity index (χ0v) is 13.2. The molecule has 22 heavy (non-hydrogen) atoms. The van der Waals surface area contributed by atoms with Crippen LogP contribution in [0.4, 0.5) is 11.6 Å². The maximum atomic E-state index is 5.35. The number of aryl methyl sites for hydroxylation is 1. The lowest BCUT2D eigenvalue weighted by Crippen LogP contribution is -2.11. The maximum Gasteiger partial charge on any atom is 0.132 e. The van der Waals surface area contributed by atoms with Crippen LogP contribution >= 0.6 is 0 Å². The molecule has 2 rings (SSSR count). The van der Waals surface area contributed by atoms with Gasteiger partial charge >= 0.3 is 0 Å². The van der Waals surface area contributed by atoms with Crippen LogP contribution in [0.1, 0.15) is 11.4 Å². The number of nitrogens with zero attached hydrogens (tertiary/aromatic N) is 2. The second-order valence-corrected chi connectivity index (χ2v) is 4.77. The molecule has 0 spiro atoms. The van der Waals surface area contributed by atoms with E-state index in [4.69, 9.17) is 9.47 Å². The molecular formula is C16H22N4O2. The first-order valence-corrected chi connectivity index (χ1v) is 7.17. The second-order valence-electron chi connectivity index (χ2n) is 4.77. The summed E-state index contributed by atoms with van der Waals surface area (Å²) in [5.74, 6) is 3.13. The molecule has 0 saturated heterocycles. The minimum Gasteiger partial charge on any atom is -0.496 e. The Morgan fingerprint density at radius 3 is 2.50 bits per heavy atom. The fourth-order valence-electron chi connectivity index (χ4n) is 2.06. The molecule has 0 aliphatic rings. The number of benzene rings is 1. The number of para-hydroxylation sites is 1. The van der Waals surface area contributed by atoms with Crippen molar-refractivity contribution in [2.45, 2.75) is 13.5 Å². The van der Waals surface area contributed by atoms with E-state index in [-0.39, 0.29) is 0 Å². The topological polar surface area (TPSA) is 68.3 Å². The Morgan fingerprint density at radius 1 is 1.05 bits per heavy atom. The van der Waals surface area contributed by atoms with Gasteiger partial charge in [0.05, 0.1) is 13.7 Å². The molecule has 1 aromatic carbocycles. The second kappa shape index (κ2) is 8.19. The molecule has 1 aromatic heterocycles. The van der Waals surface area contributed by atoms with Crippen LogP contribution in [0.25, 0.3) is 0 Å². The van der Waals surface area contributed by atoms with Gasteiger partial charge in [-0.3, -0.25) is 0 Å². The van der Waals surface area contributed by atoms with E-state index in [9.17, 15) is 0 Å². The zero-order valence-electron chi connectivity index (χ0n) is 13.2. The van der Waals surface area contributed by atoms with Gasteiger partial charge in [0.2, 0.25) is 0 Å². The highest BCUT2D eigenvalue weighted by Gasteiger charge is 2.04. The van der Waals surface area contributed by atoms with Crippen LogP contribution < -0.4 is 15.4 Å². The summed E-state index contributed by atoms with van der Waals surface area (Å²) in [6, 6.07) is 9.80. The quantitative estimate of drug-likeness (QED) is 0.730. The van der Waals surface area contributed by atoms with Crippen LogP contribution in [0.2, 0.25) is 0 Å². The Morgan fingerprint density at radius 2 is 1.77 bits per heavy atom. The molecule has 0 aliphatic heterocycles. The summed E-state index contributed by atoms with van der Waals surface area (Å²) in [4.78, 5) is 8.75. The van der Waals surface area contributed by atoms with Gasteiger partial charge in [-0.2, -0.15) is 0 Å². The summed E-state index contributed by atoms with van der Waals surface area (Å²) >= 11 is 0. The molecule has 2 aromatic rings. The van der Waals surface area contributed by atoms with Gasteiger partial charge in [-0.05, 0) is 13.0 Å². The Balaban J connectivity index is 2.03. The standard InChI is InChI=1S/C16H22N4O2/c1-12-19-15(17-8-9-21-2)10-16(20-12)18-11-13-6-4-5-7-14(13)22-3/h4-7,10H,8-9,11H2,1-3H3,(H2,17,18,19,20). The number of methoxy groups -OCH3 is 2. The van der Waals surface area contributed by atoms with Crippen molar-refractivity contribution < 1.29 is 9.47 Å². The van der Waals surface area contributed by atoms with Crippen LogP contribution in [-0.4, -0.2) is 37.3 Å². The fraction of sp³-hybridized carbons (Fsp3) is 0.375. The van der Waals surface area contributed by atoms with Gasteiger partial charge in [-0.1, -0.05) is 18.2 Å². The summed E-state index contributed by atoms with van der Waals surface area (Å²) in [5, 5.41) is 6.51. The monoisotopic (exact) mass is 302 g/mol. The number of hydrogen-bond acceptors (Lipinski definition) is 6. The smallest absolute Gasteiger partial charge is 0.132 e. The third-order valence-electron chi connectivity index (χ3n) is 3.10. The number of ether oxygens (including phenoxy) is 2. The van der Waals surface area contributed by atoms with Crippen LogP contribution in [0.15, 0.2) is 30.3 Å². The molecular weight excluding hydrogens is 280 g/mol. The molecule has 0 atom stereocenters. The first kappa shape index (κ1) is 16.0. The van der Waals surface area contributed by atoms with Crippen molar-refractivity contribution in [1.29, 1.82) is 0 Å². The molecule has 6 nitrogen and oxygen atoms in total. The molecule has 0 bridgehead atoms. The van der Waals surface area contributed by atoms with Crippen molar-refractivity contribution in [3.63, 3.8) is 0 Å². The number of aromatic nitrogens is 2. The Labute approximate surface area is 130 Å². The number of rotatable bonds is 8. The SMILES string of the molecule is COCCNc1cc(NCc2ccccc2OC)nc(C)n1. The van der Waals surface area contributed by atoms with Gasteiger partial charge in [0, 0.05) is 31.8 Å². The highest BCUT2D eigenvalue weighted by Crippen LogP contribution is 2.19. The first-order chi connectivity index (χ1) is 10.7. The minimum atomic E-state index is 0.632. The van der Waals surface area contributed by atoms with Gasteiger partial charge < -0.3 is 20.1 Å². The lowest BCUT2D eigenvalue weighted by molar-refractivity contribution is 0.210. The van der Waals surface area contributed by atoms with Crippen LogP contribution in [0.5, 0.6) is 5.75 Å². The van der Waals surface area contributed by atoms with Gasteiger partial charge in [-0.25, -0.2) is 9.97 Å². The predicted octanol–water partition coefficient (Wildman–Crippen LogP) is 2.46. The van der Waals surface area contributed by atoms with Crippen molar-refractivity contribution in [2.75, 3.05) is 38.0 Å². The molecule has 0 aliphatic carbocycles. The Bertz CT molecular complexity index is 604. The normalized spacial score (nSPS) is 10.3. The molecule has 0 amide bonds. The third kappa shape index (κ3) is 4.60. The number of anilines is 2. The highest BCUT2D eigenvalue weighted by atomic mass is 16.5. The molecule has 0 saturated carbocycles. The molecule has 0 unspecified atom stereocenters. The molecule has 0 radical (unpaired) electrons. The number of nitrogens with one attached hydrogen (secondary N) is 2. The van der Waals surface area contributed by atoms with E-state index in [2.05, 4.69) is 20.6 Å². The summed E-state index contributed by atoms with van der Waals surface area (Å²) in [6.45, 7) is 3.85. The van der Waals surface area contributed by atoms with E-state index < -0.39 is 0 Å². The van der Waals surface area contributed by atoms with E-state index in [1.165, 1.54) is 0 Å². The average molecular weight is 302 g/mol. The van der Waals surface area contributed by atoms with Crippen molar-refractivity contribution in [3.8, 4) is 5.75 Å². The summed E-state index contributed by atoms with van der Waals surface area (Å²) < 4.78 is 10.4. The molecule has 0 fully saturated rings. The van der Waals surface area contributed by atoms with E-state index in [0.717, 1.165) is 22.9 Å². The largest absolute Gasteiger partial charge is 0.496 e. The van der Waals surface area contributed by atoms with Crippen molar-refractivity contribution in [3.05, 3.63) is 41.7 Å². The van der Waals surface area contributed by atoms with Gasteiger partial charge in [0.15, 0.2) is 0 Å². The Hall–Kier alpha value is -2.34. The zero-order chi connectivity index (χ0) is 15.8. The van der Waals surface area contributed by atoms with Gasteiger partial charge in [0.25, 0.3) is 0 Å².